The molecule has 0 saturated carbocycles. The van der Waals surface area contributed by atoms with Crippen molar-refractivity contribution in [3.05, 3.63) is 174 Å². The standard InChI is InChI=1S/C35H45NO3.C20H23BrO/c1-6-30(39-35(3,4)5)17-14-18-33(32(7-2)29-15-10-8-11-16-29)34(37)27-28-19-21-31(22-20-28)38-26-25-36-23-12-9-13-24-36;1-5-18(15-9-7-6-8-10-15)19(21)16-11-13-17(14-12-16)22-20(2,3)4/h6,8,10-11,14-22H,1,7,9,12-13,23-27H2,2-5H3;6-14H,5H2,1-4H3/b18-14+,30-17+,33-32?;19-18+. The largest absolute Gasteiger partial charge is 0.492 e. The Balaban J connectivity index is 0.000000314. The molecule has 0 atom stereocenters. The van der Waals surface area contributed by atoms with Crippen LogP contribution in [0.15, 0.2) is 151 Å². The fourth-order valence-electron chi connectivity index (χ4n) is 7.07. The number of nitrogens with zero attached hydrogens (tertiary/aromatic N) is 1. The highest BCUT2D eigenvalue weighted by Crippen LogP contribution is 2.34. The van der Waals surface area contributed by atoms with Crippen LogP contribution in [0.4, 0.5) is 0 Å². The number of piperidine rings is 1. The molecule has 5 rings (SSSR count). The summed E-state index contributed by atoms with van der Waals surface area (Å²) in [5.74, 6) is 2.49. The number of hydrogen-bond acceptors (Lipinski definition) is 5. The van der Waals surface area contributed by atoms with Gasteiger partial charge in [0.25, 0.3) is 0 Å². The van der Waals surface area contributed by atoms with Gasteiger partial charge in [-0.1, -0.05) is 124 Å². The van der Waals surface area contributed by atoms with Crippen LogP contribution in [0, 0.1) is 0 Å². The summed E-state index contributed by atoms with van der Waals surface area (Å²) in [4.78, 5) is 16.1. The molecule has 0 radical (unpaired) electrons. The van der Waals surface area contributed by atoms with Gasteiger partial charge < -0.3 is 14.2 Å². The van der Waals surface area contributed by atoms with E-state index in [1.54, 1.807) is 6.08 Å². The van der Waals surface area contributed by atoms with Crippen molar-refractivity contribution < 1.29 is 19.0 Å². The minimum atomic E-state index is -0.329. The minimum absolute atomic E-state index is 0.0796. The Hall–Kier alpha value is -4.91. The van der Waals surface area contributed by atoms with Gasteiger partial charge in [-0.05, 0) is 166 Å². The molecule has 0 aromatic heterocycles. The molecule has 0 bridgehead atoms. The van der Waals surface area contributed by atoms with Crippen LogP contribution < -0.4 is 9.47 Å². The number of ketones is 1. The maximum absolute atomic E-state index is 13.7. The van der Waals surface area contributed by atoms with Crippen LogP contribution in [0.5, 0.6) is 11.5 Å². The number of allylic oxidation sites excluding steroid dienone is 7. The van der Waals surface area contributed by atoms with Gasteiger partial charge in [-0.2, -0.15) is 0 Å². The van der Waals surface area contributed by atoms with Gasteiger partial charge in [-0.3, -0.25) is 9.69 Å². The Morgan fingerprint density at radius 1 is 0.705 bits per heavy atom. The van der Waals surface area contributed by atoms with Crippen molar-refractivity contribution in [1.82, 2.24) is 4.90 Å². The van der Waals surface area contributed by atoms with Crippen molar-refractivity contribution in [2.24, 2.45) is 0 Å². The first-order valence-corrected chi connectivity index (χ1v) is 22.7. The highest BCUT2D eigenvalue weighted by molar-refractivity contribution is 9.15. The summed E-state index contributed by atoms with van der Waals surface area (Å²) in [6.07, 6.45) is 13.3. The lowest BCUT2D eigenvalue weighted by atomic mass is 9.92. The van der Waals surface area contributed by atoms with E-state index in [0.717, 1.165) is 52.1 Å². The number of rotatable bonds is 17. The maximum Gasteiger partial charge on any atom is 0.167 e. The second-order valence-electron chi connectivity index (χ2n) is 17.2. The zero-order valence-electron chi connectivity index (χ0n) is 37.9. The van der Waals surface area contributed by atoms with Crippen LogP contribution in [0.1, 0.15) is 110 Å². The Labute approximate surface area is 376 Å². The molecule has 0 aliphatic carbocycles. The monoisotopic (exact) mass is 885 g/mol. The molecule has 4 aromatic rings. The highest BCUT2D eigenvalue weighted by atomic mass is 79.9. The van der Waals surface area contributed by atoms with E-state index in [0.29, 0.717) is 24.4 Å². The summed E-state index contributed by atoms with van der Waals surface area (Å²) >= 11 is 3.77. The molecule has 6 heteroatoms. The third-order valence-corrected chi connectivity index (χ3v) is 10.9. The smallest absolute Gasteiger partial charge is 0.167 e. The zero-order chi connectivity index (χ0) is 44.3. The Bertz CT molecular complexity index is 2080. The molecule has 0 spiro atoms. The fourth-order valence-corrected chi connectivity index (χ4v) is 7.84. The molecule has 1 saturated heterocycles. The number of ether oxygens (including phenoxy) is 3. The lowest BCUT2D eigenvalue weighted by Gasteiger charge is -2.26. The molecule has 1 heterocycles. The second kappa shape index (κ2) is 24.5. The number of Topliss-reactive ketones (excluding diaryl/α,β-unsaturated/α-hetero) is 1. The molecular weight excluding hydrogens is 819 g/mol. The van der Waals surface area contributed by atoms with Gasteiger partial charge in [-0.15, -0.1) is 0 Å². The summed E-state index contributed by atoms with van der Waals surface area (Å²) in [7, 11) is 0. The van der Waals surface area contributed by atoms with E-state index in [1.807, 2.05) is 99.7 Å². The molecule has 0 amide bonds. The van der Waals surface area contributed by atoms with Gasteiger partial charge in [0.05, 0.1) is 0 Å². The van der Waals surface area contributed by atoms with E-state index in [1.165, 1.54) is 49.1 Å². The maximum atomic E-state index is 13.7. The fraction of sp³-hybridized carbons (Fsp3) is 0.364. The molecule has 0 N–H and O–H groups in total. The van der Waals surface area contributed by atoms with Crippen LogP contribution >= 0.6 is 15.9 Å². The third kappa shape index (κ3) is 17.2. The molecule has 1 aliphatic rings. The van der Waals surface area contributed by atoms with Gasteiger partial charge in [0, 0.05) is 23.0 Å². The lowest BCUT2D eigenvalue weighted by Crippen LogP contribution is -2.33. The number of benzene rings is 4. The van der Waals surface area contributed by atoms with Gasteiger partial charge in [0.2, 0.25) is 0 Å². The highest BCUT2D eigenvalue weighted by Gasteiger charge is 2.17. The van der Waals surface area contributed by atoms with E-state index in [-0.39, 0.29) is 17.0 Å². The SMILES string of the molecule is C=C/C(=C\C=C\C(C(=O)Cc1ccc(OCCN2CCCCC2)cc1)=C(CC)c1ccccc1)OC(C)(C)C.CC/C(=C(\Br)c1ccc(OC(C)(C)C)cc1)c1ccccc1. The van der Waals surface area contributed by atoms with Gasteiger partial charge in [-0.25, -0.2) is 0 Å². The van der Waals surface area contributed by atoms with Gasteiger partial charge in [0.15, 0.2) is 5.78 Å². The molecule has 0 unspecified atom stereocenters. The van der Waals surface area contributed by atoms with E-state index >= 15 is 0 Å². The number of carbonyl (C=O) groups excluding carboxylic acids is 1. The Morgan fingerprint density at radius 2 is 1.26 bits per heavy atom. The van der Waals surface area contributed by atoms with E-state index in [2.05, 4.69) is 111 Å². The number of hydrogen-bond donors (Lipinski definition) is 0. The Morgan fingerprint density at radius 3 is 1.79 bits per heavy atom. The topological polar surface area (TPSA) is 48.0 Å². The summed E-state index contributed by atoms with van der Waals surface area (Å²) in [5.41, 5.74) is 7.00. The average Bonchev–Trinajstić information content (AvgIpc) is 3.24. The zero-order valence-corrected chi connectivity index (χ0v) is 39.5. The van der Waals surface area contributed by atoms with Crippen molar-refractivity contribution in [1.29, 1.82) is 0 Å². The molecule has 4 aromatic carbocycles. The first kappa shape index (κ1) is 48.8. The predicted molar refractivity (Wildman–Crippen MR) is 262 cm³/mol. The van der Waals surface area contributed by atoms with Crippen LogP contribution in [0.3, 0.4) is 0 Å². The average molecular weight is 887 g/mol. The molecule has 1 fully saturated rings. The van der Waals surface area contributed by atoms with Crippen LogP contribution in [-0.4, -0.2) is 48.1 Å². The molecule has 61 heavy (non-hydrogen) atoms. The number of likely N-dealkylation sites (tertiary alicyclic amines) is 1. The van der Waals surface area contributed by atoms with Crippen molar-refractivity contribution in [3.8, 4) is 11.5 Å². The first-order valence-electron chi connectivity index (χ1n) is 21.9. The van der Waals surface area contributed by atoms with Gasteiger partial charge >= 0.3 is 0 Å². The molecular formula is C55H68BrNO4. The van der Waals surface area contributed by atoms with Crippen molar-refractivity contribution in [3.63, 3.8) is 0 Å². The van der Waals surface area contributed by atoms with Gasteiger partial charge in [0.1, 0.15) is 35.1 Å². The second-order valence-corrected chi connectivity index (χ2v) is 18.0. The quantitative estimate of drug-likeness (QED) is 0.0457. The third-order valence-electron chi connectivity index (χ3n) is 9.94. The van der Waals surface area contributed by atoms with E-state index in [9.17, 15) is 4.79 Å². The van der Waals surface area contributed by atoms with Crippen LogP contribution in [0.25, 0.3) is 15.6 Å². The predicted octanol–water partition coefficient (Wildman–Crippen LogP) is 14.5. The van der Waals surface area contributed by atoms with E-state index < -0.39 is 0 Å². The molecule has 324 valence electrons. The summed E-state index contributed by atoms with van der Waals surface area (Å²) < 4.78 is 18.9. The summed E-state index contributed by atoms with van der Waals surface area (Å²) in [5, 5.41) is 0. The minimum Gasteiger partial charge on any atom is -0.492 e. The van der Waals surface area contributed by atoms with Crippen molar-refractivity contribution in [2.45, 2.75) is 105 Å². The number of halogens is 1. The van der Waals surface area contributed by atoms with Crippen LogP contribution in [0.2, 0.25) is 0 Å². The summed E-state index contributed by atoms with van der Waals surface area (Å²) in [6, 6.07) is 36.8. The molecule has 1 aliphatic heterocycles. The van der Waals surface area contributed by atoms with Crippen molar-refractivity contribution in [2.75, 3.05) is 26.2 Å². The van der Waals surface area contributed by atoms with Crippen molar-refractivity contribution >= 4 is 37.3 Å². The van der Waals surface area contributed by atoms with E-state index in [4.69, 9.17) is 14.2 Å². The molecule has 5 nitrogen and oxygen atoms in total. The summed E-state index contributed by atoms with van der Waals surface area (Å²) in [6.45, 7) is 24.3. The first-order chi connectivity index (χ1) is 29.2. The van der Waals surface area contributed by atoms with Crippen LogP contribution in [-0.2, 0) is 16.0 Å². The Kier molecular flexibility index (Phi) is 19.6. The normalized spacial score (nSPS) is 14.6. The number of carbonyl (C=O) groups is 1. The lowest BCUT2D eigenvalue weighted by molar-refractivity contribution is -0.114.